The molecule has 0 fully saturated rings. The van der Waals surface area contributed by atoms with Gasteiger partial charge in [0.2, 0.25) is 12.5 Å². The van der Waals surface area contributed by atoms with Crippen LogP contribution in [0.2, 0.25) is 0 Å². The van der Waals surface area contributed by atoms with Gasteiger partial charge < -0.3 is 10.2 Å². The smallest absolute Gasteiger partial charge is 0.247 e. The molecule has 0 aliphatic heterocycles. The average molecular weight is 262 g/mol. The molecule has 2 aromatic rings. The van der Waals surface area contributed by atoms with Crippen LogP contribution in [0.5, 0.6) is 0 Å². The highest BCUT2D eigenvalue weighted by Crippen LogP contribution is 2.32. The predicted molar refractivity (Wildman–Crippen MR) is 65.3 cm³/mol. The molecule has 9 heteroatoms. The van der Waals surface area contributed by atoms with E-state index < -0.39 is 11.5 Å². The van der Waals surface area contributed by atoms with E-state index >= 15 is 0 Å². The summed E-state index contributed by atoms with van der Waals surface area (Å²) in [4.78, 5) is 17.9. The van der Waals surface area contributed by atoms with Gasteiger partial charge in [-0.1, -0.05) is 0 Å². The summed E-state index contributed by atoms with van der Waals surface area (Å²) in [7, 11) is 1.44. The summed E-state index contributed by atoms with van der Waals surface area (Å²) in [5.41, 5.74) is 6.10. The molecule has 19 heavy (non-hydrogen) atoms. The van der Waals surface area contributed by atoms with Crippen molar-refractivity contribution in [3.63, 3.8) is 0 Å². The summed E-state index contributed by atoms with van der Waals surface area (Å²) in [5, 5.41) is 18.1. The van der Waals surface area contributed by atoms with Gasteiger partial charge in [0.05, 0.1) is 6.26 Å². The van der Waals surface area contributed by atoms with Gasteiger partial charge in [-0.3, -0.25) is 10.1 Å². The molecule has 0 unspecified atom stereocenters. The number of aromatic nitrogens is 2. The number of nitrogens with zero attached hydrogens (tertiary/aromatic N) is 5. The first-order valence-corrected chi connectivity index (χ1v) is 5.23. The van der Waals surface area contributed by atoms with E-state index in [1.807, 2.05) is 0 Å². The summed E-state index contributed by atoms with van der Waals surface area (Å²) in [5.74, 6) is 0.305. The molecule has 9 nitrogen and oxygen atoms in total. The fraction of sp³-hybridized carbons (Fsp3) is 0.200. The Morgan fingerprint density at radius 3 is 2.89 bits per heavy atom. The van der Waals surface area contributed by atoms with E-state index in [0.29, 0.717) is 5.76 Å². The molecule has 0 atom stereocenters. The van der Waals surface area contributed by atoms with Crippen LogP contribution in [0, 0.1) is 10.1 Å². The zero-order valence-corrected chi connectivity index (χ0v) is 9.98. The number of azo groups is 1. The van der Waals surface area contributed by atoms with E-state index in [-0.39, 0.29) is 23.0 Å². The second-order valence-electron chi connectivity index (χ2n) is 3.49. The minimum absolute atomic E-state index is 0.0849. The molecule has 2 aromatic heterocycles. The van der Waals surface area contributed by atoms with E-state index in [2.05, 4.69) is 20.2 Å². The van der Waals surface area contributed by atoms with Gasteiger partial charge in [0.1, 0.15) is 17.1 Å². The van der Waals surface area contributed by atoms with Gasteiger partial charge in [-0.15, -0.1) is 0 Å². The number of nitrogen functional groups attached to an aromatic ring is 1. The second-order valence-corrected chi connectivity index (χ2v) is 3.49. The lowest BCUT2D eigenvalue weighted by Crippen LogP contribution is -2.06. The summed E-state index contributed by atoms with van der Waals surface area (Å²) in [6, 6.07) is 3.31. The van der Waals surface area contributed by atoms with E-state index in [4.69, 9.17) is 10.2 Å². The van der Waals surface area contributed by atoms with Crippen LogP contribution in [0.3, 0.4) is 0 Å². The van der Waals surface area contributed by atoms with Gasteiger partial charge in [0.15, 0.2) is 5.76 Å². The Bertz CT molecular complexity index is 622. The topological polar surface area (TPSA) is 133 Å². The van der Waals surface area contributed by atoms with Gasteiger partial charge in [-0.25, -0.2) is 9.97 Å². The van der Waals surface area contributed by atoms with Crippen molar-refractivity contribution in [2.45, 2.75) is 6.54 Å². The summed E-state index contributed by atoms with van der Waals surface area (Å²) < 4.78 is 5.20. The minimum atomic E-state index is -0.525. The third-order valence-corrected chi connectivity index (χ3v) is 2.21. The number of furan rings is 1. The van der Waals surface area contributed by atoms with Crippen LogP contribution in [-0.4, -0.2) is 21.9 Å². The van der Waals surface area contributed by atoms with Gasteiger partial charge >= 0.3 is 0 Å². The maximum atomic E-state index is 10.6. The highest BCUT2D eigenvalue weighted by Gasteiger charge is 2.20. The van der Waals surface area contributed by atoms with Crippen LogP contribution in [0.1, 0.15) is 5.69 Å². The normalized spacial score (nSPS) is 11.0. The molecule has 0 saturated carbocycles. The predicted octanol–water partition coefficient (Wildman–Crippen LogP) is 1.81. The number of nitrogens with two attached hydrogens (primary N) is 1. The largest absolute Gasteiger partial charge is 0.463 e. The monoisotopic (exact) mass is 262 g/mol. The Morgan fingerprint density at radius 1 is 1.53 bits per heavy atom. The van der Waals surface area contributed by atoms with Crippen molar-refractivity contribution in [1.29, 1.82) is 0 Å². The molecular formula is C10H10N6O3. The molecule has 0 amide bonds. The van der Waals surface area contributed by atoms with Crippen LogP contribution in [0.25, 0.3) is 11.5 Å². The van der Waals surface area contributed by atoms with Crippen molar-refractivity contribution < 1.29 is 9.34 Å². The van der Waals surface area contributed by atoms with Crippen LogP contribution in [0.15, 0.2) is 33.0 Å². The molecule has 0 aliphatic carbocycles. The minimum Gasteiger partial charge on any atom is -0.463 e. The first-order chi connectivity index (χ1) is 9.11. The molecule has 98 valence electrons. The fourth-order valence-corrected chi connectivity index (χ4v) is 1.54. The molecular weight excluding hydrogens is 252 g/mol. The zero-order chi connectivity index (χ0) is 13.8. The molecule has 2 rings (SSSR count). The second kappa shape index (κ2) is 5.21. The summed E-state index contributed by atoms with van der Waals surface area (Å²) in [6.45, 7) is -0.519. The molecule has 0 aliphatic rings. The Balaban J connectivity index is 2.64. The first kappa shape index (κ1) is 12.6. The van der Waals surface area contributed by atoms with E-state index in [1.165, 1.54) is 13.3 Å². The van der Waals surface area contributed by atoms with Gasteiger partial charge in [0, 0.05) is 12.0 Å². The third-order valence-electron chi connectivity index (χ3n) is 2.21. The third kappa shape index (κ3) is 2.70. The summed E-state index contributed by atoms with van der Waals surface area (Å²) in [6.07, 6.45) is 1.45. The maximum absolute atomic E-state index is 10.6. The Kier molecular flexibility index (Phi) is 3.46. The Morgan fingerprint density at radius 2 is 2.32 bits per heavy atom. The molecule has 2 N–H and O–H groups in total. The lowest BCUT2D eigenvalue weighted by Gasteiger charge is -2.05. The lowest BCUT2D eigenvalue weighted by atomic mass is 10.2. The standard InChI is InChI=1S/C10H10N6O3/c1-12-15-8-6(5-16(17)18)13-10(11)14-9(8)7-3-2-4-19-7/h2-4H,5H2,1H3,(H2,11,13,14). The zero-order valence-electron chi connectivity index (χ0n) is 9.98. The van der Waals surface area contributed by atoms with Gasteiger partial charge in [-0.2, -0.15) is 10.2 Å². The average Bonchev–Trinajstić information content (AvgIpc) is 2.85. The van der Waals surface area contributed by atoms with E-state index in [0.717, 1.165) is 0 Å². The Labute approximate surface area is 107 Å². The van der Waals surface area contributed by atoms with Crippen molar-refractivity contribution in [1.82, 2.24) is 9.97 Å². The SMILES string of the molecule is CN=Nc1c(C[N+](=O)[O-])nc(N)nc1-c1ccco1. The number of rotatable bonds is 4. The van der Waals surface area contributed by atoms with E-state index in [9.17, 15) is 10.1 Å². The highest BCUT2D eigenvalue weighted by molar-refractivity contribution is 5.70. The number of anilines is 1. The highest BCUT2D eigenvalue weighted by atomic mass is 16.6. The fourth-order valence-electron chi connectivity index (χ4n) is 1.54. The Hall–Kier alpha value is -2.84. The lowest BCUT2D eigenvalue weighted by molar-refractivity contribution is -0.497. The first-order valence-electron chi connectivity index (χ1n) is 5.23. The van der Waals surface area contributed by atoms with Crippen molar-refractivity contribution in [3.05, 3.63) is 34.2 Å². The number of hydrogen-bond acceptors (Lipinski definition) is 8. The van der Waals surface area contributed by atoms with Gasteiger partial charge in [-0.05, 0) is 12.1 Å². The van der Waals surface area contributed by atoms with Crippen LogP contribution in [0.4, 0.5) is 11.6 Å². The van der Waals surface area contributed by atoms with Crippen molar-refractivity contribution in [3.8, 4) is 11.5 Å². The van der Waals surface area contributed by atoms with Crippen LogP contribution >= 0.6 is 0 Å². The maximum Gasteiger partial charge on any atom is 0.247 e. The summed E-state index contributed by atoms with van der Waals surface area (Å²) >= 11 is 0. The van der Waals surface area contributed by atoms with E-state index in [1.54, 1.807) is 12.1 Å². The molecule has 0 aromatic carbocycles. The van der Waals surface area contributed by atoms with Gasteiger partial charge in [0.25, 0.3) is 0 Å². The number of nitro groups is 1. The molecule has 0 bridgehead atoms. The molecule has 0 saturated heterocycles. The van der Waals surface area contributed by atoms with Crippen LogP contribution in [-0.2, 0) is 6.54 Å². The van der Waals surface area contributed by atoms with Crippen molar-refractivity contribution in [2.24, 2.45) is 10.2 Å². The number of hydrogen-bond donors (Lipinski definition) is 1. The van der Waals surface area contributed by atoms with Crippen molar-refractivity contribution in [2.75, 3.05) is 12.8 Å². The molecule has 0 radical (unpaired) electrons. The molecule has 0 spiro atoms. The quantitative estimate of drug-likeness (QED) is 0.507. The van der Waals surface area contributed by atoms with Crippen LogP contribution < -0.4 is 5.73 Å². The van der Waals surface area contributed by atoms with Crippen molar-refractivity contribution >= 4 is 11.6 Å². The molecule has 2 heterocycles.